The van der Waals surface area contributed by atoms with Crippen LogP contribution in [-0.2, 0) is 9.47 Å². The number of nitrogens with one attached hydrogen (secondary N) is 1. The Morgan fingerprint density at radius 2 is 2.04 bits per heavy atom. The Morgan fingerprint density at radius 3 is 2.65 bits per heavy atom. The number of rotatable bonds is 6. The molecule has 0 radical (unpaired) electrons. The van der Waals surface area contributed by atoms with Crippen LogP contribution in [0.5, 0.6) is 0 Å². The molecular weight excluding hydrogens is 286 g/mol. The monoisotopic (exact) mass is 323 g/mol. The molecule has 1 saturated carbocycles. The van der Waals surface area contributed by atoms with E-state index in [1.54, 1.807) is 0 Å². The van der Waals surface area contributed by atoms with Crippen molar-refractivity contribution in [3.05, 3.63) is 0 Å². The van der Waals surface area contributed by atoms with Crippen LogP contribution in [0, 0.1) is 23.7 Å². The molecular formula is C20H37NO2. The second kappa shape index (κ2) is 6.00. The second-order valence-corrected chi connectivity index (χ2v) is 9.03. The summed E-state index contributed by atoms with van der Waals surface area (Å²) in [6.07, 6.45) is 7.24. The van der Waals surface area contributed by atoms with E-state index in [-0.39, 0.29) is 11.1 Å². The number of ether oxygens (including phenoxy) is 2. The van der Waals surface area contributed by atoms with Crippen LogP contribution in [0.15, 0.2) is 0 Å². The first kappa shape index (κ1) is 17.7. The molecule has 0 aromatic rings. The molecule has 1 N–H and O–H groups in total. The molecule has 3 rings (SSSR count). The van der Waals surface area contributed by atoms with Crippen molar-refractivity contribution in [3.8, 4) is 0 Å². The Balaban J connectivity index is 1.97. The molecule has 1 aliphatic carbocycles. The van der Waals surface area contributed by atoms with Crippen molar-refractivity contribution in [2.75, 3.05) is 13.7 Å². The highest BCUT2D eigenvalue weighted by molar-refractivity contribution is 5.19. The molecule has 134 valence electrons. The Bertz CT molecular complexity index is 439. The summed E-state index contributed by atoms with van der Waals surface area (Å²) in [5.74, 6) is 1.97. The zero-order chi connectivity index (χ0) is 16.9. The molecule has 6 unspecified atom stereocenters. The third-order valence-corrected chi connectivity index (χ3v) is 7.37. The van der Waals surface area contributed by atoms with Crippen LogP contribution in [0.4, 0.5) is 0 Å². The maximum absolute atomic E-state index is 6.87. The first-order valence-electron chi connectivity index (χ1n) is 9.84. The van der Waals surface area contributed by atoms with Gasteiger partial charge >= 0.3 is 0 Å². The maximum atomic E-state index is 6.87. The van der Waals surface area contributed by atoms with Gasteiger partial charge < -0.3 is 14.8 Å². The van der Waals surface area contributed by atoms with E-state index >= 15 is 0 Å². The minimum absolute atomic E-state index is 0.0250. The number of hydrogen-bond acceptors (Lipinski definition) is 3. The van der Waals surface area contributed by atoms with Crippen molar-refractivity contribution >= 4 is 0 Å². The number of unbranched alkanes of at least 4 members (excludes halogenated alkanes) is 1. The molecule has 3 heteroatoms. The van der Waals surface area contributed by atoms with Gasteiger partial charge in [0.15, 0.2) is 5.79 Å². The molecule has 3 aliphatic rings. The molecule has 23 heavy (non-hydrogen) atoms. The average molecular weight is 324 g/mol. The Labute approximate surface area is 142 Å². The van der Waals surface area contributed by atoms with Crippen LogP contribution in [0.2, 0.25) is 0 Å². The summed E-state index contributed by atoms with van der Waals surface area (Å²) in [6, 6.07) is 0. The highest BCUT2D eigenvalue weighted by Gasteiger charge is 2.71. The van der Waals surface area contributed by atoms with Gasteiger partial charge in [0.2, 0.25) is 0 Å². The predicted molar refractivity (Wildman–Crippen MR) is 94.3 cm³/mol. The zero-order valence-electron chi connectivity index (χ0n) is 16.1. The first-order chi connectivity index (χ1) is 10.8. The standard InChI is InChI=1S/C20H37NO2/c1-7-8-11-21-18(5)13-20(22-6)16(14(2)3)12-19(23-20)15(4)9-10-17(18)19/h14-17,21H,7-13H2,1-6H3. The lowest BCUT2D eigenvalue weighted by atomic mass is 9.70. The summed E-state index contributed by atoms with van der Waals surface area (Å²) in [6.45, 7) is 12.9. The smallest absolute Gasteiger partial charge is 0.173 e. The highest BCUT2D eigenvalue weighted by Crippen LogP contribution is 2.66. The van der Waals surface area contributed by atoms with Crippen molar-refractivity contribution in [1.82, 2.24) is 5.32 Å². The van der Waals surface area contributed by atoms with Crippen LogP contribution < -0.4 is 5.32 Å². The Morgan fingerprint density at radius 1 is 1.30 bits per heavy atom. The molecule has 2 heterocycles. The van der Waals surface area contributed by atoms with E-state index < -0.39 is 5.79 Å². The predicted octanol–water partition coefficient (Wildman–Crippen LogP) is 4.36. The van der Waals surface area contributed by atoms with Gasteiger partial charge in [0.1, 0.15) is 0 Å². The summed E-state index contributed by atoms with van der Waals surface area (Å²) in [7, 11) is 1.86. The van der Waals surface area contributed by atoms with E-state index in [2.05, 4.69) is 39.9 Å². The molecule has 2 saturated heterocycles. The topological polar surface area (TPSA) is 30.5 Å². The minimum Gasteiger partial charge on any atom is -0.353 e. The van der Waals surface area contributed by atoms with E-state index in [1.165, 1.54) is 32.1 Å². The molecule has 2 aliphatic heterocycles. The largest absolute Gasteiger partial charge is 0.353 e. The van der Waals surface area contributed by atoms with Crippen molar-refractivity contribution in [2.45, 2.75) is 90.1 Å². The molecule has 0 aromatic heterocycles. The second-order valence-electron chi connectivity index (χ2n) is 9.03. The van der Waals surface area contributed by atoms with Gasteiger partial charge in [0.05, 0.1) is 5.60 Å². The summed E-state index contributed by atoms with van der Waals surface area (Å²) in [5.41, 5.74) is 0.162. The average Bonchev–Trinajstić information content (AvgIpc) is 2.98. The number of hydrogen-bond donors (Lipinski definition) is 1. The normalized spacial score (nSPS) is 48.9. The van der Waals surface area contributed by atoms with Crippen molar-refractivity contribution in [1.29, 1.82) is 0 Å². The molecule has 0 amide bonds. The van der Waals surface area contributed by atoms with E-state index in [4.69, 9.17) is 9.47 Å². The fraction of sp³-hybridized carbons (Fsp3) is 1.00. The van der Waals surface area contributed by atoms with E-state index in [1.807, 2.05) is 7.11 Å². The van der Waals surface area contributed by atoms with Gasteiger partial charge in [-0.2, -0.15) is 0 Å². The fourth-order valence-electron chi connectivity index (χ4n) is 6.11. The van der Waals surface area contributed by atoms with Gasteiger partial charge in [-0.25, -0.2) is 0 Å². The van der Waals surface area contributed by atoms with Gasteiger partial charge in [0, 0.05) is 30.9 Å². The van der Waals surface area contributed by atoms with Gasteiger partial charge in [0.25, 0.3) is 0 Å². The third kappa shape index (κ3) is 2.49. The van der Waals surface area contributed by atoms with Crippen LogP contribution in [0.25, 0.3) is 0 Å². The summed E-state index contributed by atoms with van der Waals surface area (Å²) >= 11 is 0. The van der Waals surface area contributed by atoms with E-state index in [9.17, 15) is 0 Å². The number of methoxy groups -OCH3 is 1. The van der Waals surface area contributed by atoms with Crippen LogP contribution in [0.3, 0.4) is 0 Å². The molecule has 3 nitrogen and oxygen atoms in total. The lowest BCUT2D eigenvalue weighted by Crippen LogP contribution is -2.65. The van der Waals surface area contributed by atoms with Gasteiger partial charge in [-0.3, -0.25) is 0 Å². The van der Waals surface area contributed by atoms with Crippen LogP contribution >= 0.6 is 0 Å². The van der Waals surface area contributed by atoms with Crippen LogP contribution in [0.1, 0.15) is 73.1 Å². The maximum Gasteiger partial charge on any atom is 0.173 e. The SMILES string of the molecule is CCCCNC1(C)CC2(OC)OC3(CC2C(C)C)C(C)CCC13. The van der Waals surface area contributed by atoms with E-state index in [0.717, 1.165) is 13.0 Å². The molecule has 6 atom stereocenters. The van der Waals surface area contributed by atoms with Crippen LogP contribution in [-0.4, -0.2) is 30.6 Å². The van der Waals surface area contributed by atoms with Crippen molar-refractivity contribution in [2.24, 2.45) is 23.7 Å². The third-order valence-electron chi connectivity index (χ3n) is 7.37. The lowest BCUT2D eigenvalue weighted by molar-refractivity contribution is -0.311. The summed E-state index contributed by atoms with van der Waals surface area (Å²) < 4.78 is 13.0. The minimum atomic E-state index is -0.392. The fourth-order valence-corrected chi connectivity index (χ4v) is 6.11. The Hall–Kier alpha value is -0.120. The molecule has 2 bridgehead atoms. The van der Waals surface area contributed by atoms with Gasteiger partial charge in [-0.15, -0.1) is 0 Å². The zero-order valence-corrected chi connectivity index (χ0v) is 16.1. The number of fused-ring (bicyclic) bond motifs is 1. The lowest BCUT2D eigenvalue weighted by Gasteiger charge is -2.54. The summed E-state index contributed by atoms with van der Waals surface area (Å²) in [5, 5.41) is 3.95. The molecule has 1 spiro atoms. The Kier molecular flexibility index (Phi) is 4.61. The highest BCUT2D eigenvalue weighted by atomic mass is 16.7. The van der Waals surface area contributed by atoms with Crippen molar-refractivity contribution < 1.29 is 9.47 Å². The van der Waals surface area contributed by atoms with Gasteiger partial charge in [-0.05, 0) is 51.0 Å². The van der Waals surface area contributed by atoms with E-state index in [0.29, 0.717) is 23.7 Å². The van der Waals surface area contributed by atoms with Gasteiger partial charge in [-0.1, -0.05) is 34.1 Å². The molecule has 0 aromatic carbocycles. The summed E-state index contributed by atoms with van der Waals surface area (Å²) in [4.78, 5) is 0. The first-order valence-corrected chi connectivity index (χ1v) is 9.84. The quantitative estimate of drug-likeness (QED) is 0.737. The van der Waals surface area contributed by atoms with Crippen molar-refractivity contribution in [3.63, 3.8) is 0 Å². The molecule has 3 fully saturated rings.